The van der Waals surface area contributed by atoms with Crippen molar-refractivity contribution in [1.29, 1.82) is 0 Å². The number of benzene rings is 1. The van der Waals surface area contributed by atoms with Crippen molar-refractivity contribution < 1.29 is 19.4 Å². The minimum absolute atomic E-state index is 0.194. The predicted molar refractivity (Wildman–Crippen MR) is 84.9 cm³/mol. The van der Waals surface area contributed by atoms with Crippen LogP contribution in [0.5, 0.6) is 0 Å². The first-order valence-corrected chi connectivity index (χ1v) is 7.45. The molecule has 0 aromatic heterocycles. The number of carbonyl (C=O) groups is 2. The van der Waals surface area contributed by atoms with E-state index in [9.17, 15) is 14.7 Å². The second-order valence-electron chi connectivity index (χ2n) is 6.01. The van der Waals surface area contributed by atoms with Crippen molar-refractivity contribution in [2.24, 2.45) is 0 Å². The Morgan fingerprint density at radius 3 is 2.18 bits per heavy atom. The van der Waals surface area contributed by atoms with Gasteiger partial charge in [0.25, 0.3) is 0 Å². The lowest BCUT2D eigenvalue weighted by Gasteiger charge is -2.30. The van der Waals surface area contributed by atoms with Gasteiger partial charge in [0.05, 0.1) is 6.54 Å². The van der Waals surface area contributed by atoms with Crippen LogP contribution in [0.15, 0.2) is 24.3 Å². The molecule has 5 nitrogen and oxygen atoms in total. The molecular formula is C16H22ClNO4. The molecule has 1 aromatic rings. The van der Waals surface area contributed by atoms with Crippen molar-refractivity contribution >= 4 is 23.5 Å². The van der Waals surface area contributed by atoms with Crippen LogP contribution >= 0.6 is 11.6 Å². The molecule has 0 aliphatic carbocycles. The van der Waals surface area contributed by atoms with Gasteiger partial charge in [-0.2, -0.15) is 0 Å². The Bertz CT molecular complexity index is 536. The summed E-state index contributed by atoms with van der Waals surface area (Å²) in [6, 6.07) is 6.53. The Balaban J connectivity index is 2.96. The van der Waals surface area contributed by atoms with Crippen LogP contribution in [0, 0.1) is 0 Å². The molecule has 6 heteroatoms. The maximum Gasteiger partial charge on any atom is 0.328 e. The number of hydrogen-bond donors (Lipinski definition) is 2. The minimum Gasteiger partial charge on any atom is -0.480 e. The van der Waals surface area contributed by atoms with E-state index < -0.39 is 23.1 Å². The summed E-state index contributed by atoms with van der Waals surface area (Å²) < 4.78 is 5.20. The molecule has 2 N–H and O–H groups in total. The van der Waals surface area contributed by atoms with Crippen molar-refractivity contribution in [2.45, 2.75) is 45.3 Å². The number of esters is 1. The zero-order chi connectivity index (χ0) is 17.0. The molecule has 0 spiro atoms. The van der Waals surface area contributed by atoms with Crippen molar-refractivity contribution in [1.82, 2.24) is 5.32 Å². The third kappa shape index (κ3) is 4.71. The molecule has 1 atom stereocenters. The van der Waals surface area contributed by atoms with Crippen molar-refractivity contribution in [3.8, 4) is 0 Å². The van der Waals surface area contributed by atoms with Crippen LogP contribution in [-0.2, 0) is 19.9 Å². The SMILES string of the molecule is CCC(NCC(=O)OC(C)(C)C)(C(=O)O)c1ccc(Cl)cc1. The maximum atomic E-state index is 11.8. The van der Waals surface area contributed by atoms with Crippen LogP contribution in [0.25, 0.3) is 0 Å². The van der Waals surface area contributed by atoms with Crippen LogP contribution in [0.2, 0.25) is 5.02 Å². The van der Waals surface area contributed by atoms with Gasteiger partial charge < -0.3 is 9.84 Å². The smallest absolute Gasteiger partial charge is 0.328 e. The standard InChI is InChI=1S/C16H22ClNO4/c1-5-16(14(20)21,11-6-8-12(17)9-7-11)18-10-13(19)22-15(2,3)4/h6-9,18H,5,10H2,1-4H3,(H,20,21). The number of rotatable bonds is 6. The first kappa shape index (κ1) is 18.5. The van der Waals surface area contributed by atoms with Gasteiger partial charge in [0, 0.05) is 5.02 Å². The number of halogens is 1. The third-order valence-corrected chi connectivity index (χ3v) is 3.44. The van der Waals surface area contributed by atoms with Crippen molar-refractivity contribution in [2.75, 3.05) is 6.54 Å². The molecule has 0 fully saturated rings. The van der Waals surface area contributed by atoms with Crippen LogP contribution in [0.4, 0.5) is 0 Å². The Kier molecular flexibility index (Phi) is 5.97. The fraction of sp³-hybridized carbons (Fsp3) is 0.500. The Labute approximate surface area is 135 Å². The number of aliphatic carboxylic acids is 1. The van der Waals surface area contributed by atoms with E-state index >= 15 is 0 Å². The summed E-state index contributed by atoms with van der Waals surface area (Å²) >= 11 is 5.84. The highest BCUT2D eigenvalue weighted by Crippen LogP contribution is 2.27. The highest BCUT2D eigenvalue weighted by molar-refractivity contribution is 6.30. The number of ether oxygens (including phenoxy) is 1. The van der Waals surface area contributed by atoms with E-state index in [0.717, 1.165) is 0 Å². The highest BCUT2D eigenvalue weighted by atomic mass is 35.5. The van der Waals surface area contributed by atoms with E-state index in [-0.39, 0.29) is 13.0 Å². The lowest BCUT2D eigenvalue weighted by molar-refractivity contribution is -0.155. The van der Waals surface area contributed by atoms with E-state index in [1.165, 1.54) is 0 Å². The Hall–Kier alpha value is -1.59. The average Bonchev–Trinajstić information content (AvgIpc) is 2.39. The number of nitrogens with one attached hydrogen (secondary N) is 1. The van der Waals surface area contributed by atoms with Crippen LogP contribution in [0.1, 0.15) is 39.7 Å². The quantitative estimate of drug-likeness (QED) is 0.786. The van der Waals surface area contributed by atoms with E-state index in [2.05, 4.69) is 5.32 Å². The van der Waals surface area contributed by atoms with Gasteiger partial charge in [0.1, 0.15) is 11.1 Å². The molecule has 22 heavy (non-hydrogen) atoms. The van der Waals surface area contributed by atoms with Gasteiger partial charge in [-0.05, 0) is 44.9 Å². The Morgan fingerprint density at radius 1 is 1.23 bits per heavy atom. The van der Waals surface area contributed by atoms with Gasteiger partial charge in [0.15, 0.2) is 0 Å². The molecule has 0 saturated carbocycles. The molecule has 1 rings (SSSR count). The fourth-order valence-electron chi connectivity index (χ4n) is 2.12. The molecule has 0 aliphatic heterocycles. The first-order valence-electron chi connectivity index (χ1n) is 7.07. The zero-order valence-corrected chi connectivity index (χ0v) is 14.0. The molecular weight excluding hydrogens is 306 g/mol. The lowest BCUT2D eigenvalue weighted by atomic mass is 9.87. The monoisotopic (exact) mass is 327 g/mol. The summed E-state index contributed by atoms with van der Waals surface area (Å²) in [5.41, 5.74) is -1.44. The Morgan fingerprint density at radius 2 is 1.77 bits per heavy atom. The maximum absolute atomic E-state index is 11.8. The van der Waals surface area contributed by atoms with Gasteiger partial charge in [-0.3, -0.25) is 10.1 Å². The molecule has 1 unspecified atom stereocenters. The number of carboxylic acids is 1. The van der Waals surface area contributed by atoms with Gasteiger partial charge in [0.2, 0.25) is 0 Å². The largest absolute Gasteiger partial charge is 0.480 e. The fourth-order valence-corrected chi connectivity index (χ4v) is 2.24. The van der Waals surface area contributed by atoms with Crippen LogP contribution in [-0.4, -0.2) is 29.2 Å². The number of carbonyl (C=O) groups excluding carboxylic acids is 1. The molecule has 0 bridgehead atoms. The molecule has 0 heterocycles. The molecule has 0 aliphatic rings. The zero-order valence-electron chi connectivity index (χ0n) is 13.3. The van der Waals surface area contributed by atoms with E-state index in [1.54, 1.807) is 52.0 Å². The summed E-state index contributed by atoms with van der Waals surface area (Å²) in [5.74, 6) is -1.55. The summed E-state index contributed by atoms with van der Waals surface area (Å²) in [6.45, 7) is 6.82. The second-order valence-corrected chi connectivity index (χ2v) is 6.45. The number of carboxylic acid groups (broad SMARTS) is 1. The molecule has 122 valence electrons. The molecule has 1 aromatic carbocycles. The summed E-state index contributed by atoms with van der Waals surface area (Å²) in [4.78, 5) is 23.6. The predicted octanol–water partition coefficient (Wildman–Crippen LogP) is 2.96. The van der Waals surface area contributed by atoms with E-state index in [1.807, 2.05) is 0 Å². The normalized spacial score (nSPS) is 14.2. The van der Waals surface area contributed by atoms with Crippen LogP contribution in [0.3, 0.4) is 0 Å². The highest BCUT2D eigenvalue weighted by Gasteiger charge is 2.39. The second kappa shape index (κ2) is 7.11. The molecule has 0 saturated heterocycles. The summed E-state index contributed by atoms with van der Waals surface area (Å²) in [7, 11) is 0. The van der Waals surface area contributed by atoms with Crippen molar-refractivity contribution in [3.63, 3.8) is 0 Å². The average molecular weight is 328 g/mol. The summed E-state index contributed by atoms with van der Waals surface area (Å²) in [6.07, 6.45) is 0.271. The first-order chi connectivity index (χ1) is 10.1. The topological polar surface area (TPSA) is 75.6 Å². The van der Waals surface area contributed by atoms with Gasteiger partial charge in [-0.15, -0.1) is 0 Å². The molecule has 0 radical (unpaired) electrons. The van der Waals surface area contributed by atoms with Gasteiger partial charge in [-0.1, -0.05) is 30.7 Å². The van der Waals surface area contributed by atoms with Gasteiger partial charge >= 0.3 is 11.9 Å². The van der Waals surface area contributed by atoms with Crippen LogP contribution < -0.4 is 5.32 Å². The third-order valence-electron chi connectivity index (χ3n) is 3.19. The van der Waals surface area contributed by atoms with Gasteiger partial charge in [-0.25, -0.2) is 4.79 Å². The minimum atomic E-state index is -1.36. The molecule has 0 amide bonds. The lowest BCUT2D eigenvalue weighted by Crippen LogP contribution is -2.51. The number of hydrogen-bond acceptors (Lipinski definition) is 4. The van der Waals surface area contributed by atoms with E-state index in [0.29, 0.717) is 10.6 Å². The van der Waals surface area contributed by atoms with E-state index in [4.69, 9.17) is 16.3 Å². The van der Waals surface area contributed by atoms with Crippen molar-refractivity contribution in [3.05, 3.63) is 34.9 Å². The summed E-state index contributed by atoms with van der Waals surface area (Å²) in [5, 5.41) is 13.0.